The number of hydrazine groups is 1. The van der Waals surface area contributed by atoms with Gasteiger partial charge in [0.25, 0.3) is 10.0 Å². The molecule has 0 amide bonds. The zero-order chi connectivity index (χ0) is 14.6. The minimum atomic E-state index is -3.58. The molecule has 0 bridgehead atoms. The molecule has 0 radical (unpaired) electrons. The number of piperazine rings is 1. The Kier molecular flexibility index (Phi) is 5.11. The minimum absolute atomic E-state index is 0.237. The standard InChI is InChI=1S/C13H22N4O2S/c1-15-7-9-16(10-8-15)11-12-17(14)20(18,19)13-5-3-2-4-6-13/h2-6H,7-12,14H2,1H3. The molecule has 0 unspecified atom stereocenters. The monoisotopic (exact) mass is 298 g/mol. The van der Waals surface area contributed by atoms with Gasteiger partial charge in [0, 0.05) is 39.3 Å². The number of hydrogen-bond donors (Lipinski definition) is 1. The largest absolute Gasteiger partial charge is 0.304 e. The van der Waals surface area contributed by atoms with Crippen molar-refractivity contribution in [2.24, 2.45) is 5.84 Å². The van der Waals surface area contributed by atoms with Crippen LogP contribution in [0, 0.1) is 0 Å². The van der Waals surface area contributed by atoms with Crippen LogP contribution in [0.1, 0.15) is 0 Å². The van der Waals surface area contributed by atoms with E-state index in [0.29, 0.717) is 13.1 Å². The summed E-state index contributed by atoms with van der Waals surface area (Å²) in [4.78, 5) is 4.73. The van der Waals surface area contributed by atoms with E-state index in [2.05, 4.69) is 16.8 Å². The van der Waals surface area contributed by atoms with Gasteiger partial charge in [0.15, 0.2) is 0 Å². The maximum absolute atomic E-state index is 12.2. The number of hydrogen-bond acceptors (Lipinski definition) is 5. The molecule has 112 valence electrons. The van der Waals surface area contributed by atoms with Gasteiger partial charge >= 0.3 is 0 Å². The van der Waals surface area contributed by atoms with Gasteiger partial charge in [0.2, 0.25) is 0 Å². The van der Waals surface area contributed by atoms with Crippen LogP contribution in [0.25, 0.3) is 0 Å². The van der Waals surface area contributed by atoms with Gasteiger partial charge < -0.3 is 4.90 Å². The summed E-state index contributed by atoms with van der Waals surface area (Å²) in [5, 5.41) is 0. The van der Waals surface area contributed by atoms with E-state index in [1.165, 1.54) is 0 Å². The van der Waals surface area contributed by atoms with Gasteiger partial charge in [0.05, 0.1) is 4.90 Å². The Bertz CT molecular complexity index is 512. The molecule has 1 aromatic rings. The van der Waals surface area contributed by atoms with E-state index >= 15 is 0 Å². The Hall–Kier alpha value is -0.990. The van der Waals surface area contributed by atoms with Crippen molar-refractivity contribution in [2.45, 2.75) is 4.90 Å². The Morgan fingerprint density at radius 1 is 1.15 bits per heavy atom. The summed E-state index contributed by atoms with van der Waals surface area (Å²) in [6.07, 6.45) is 0. The van der Waals surface area contributed by atoms with Gasteiger partial charge in [0.1, 0.15) is 0 Å². The average Bonchev–Trinajstić information content (AvgIpc) is 2.47. The van der Waals surface area contributed by atoms with Crippen molar-refractivity contribution >= 4 is 10.0 Å². The zero-order valence-corrected chi connectivity index (χ0v) is 12.6. The highest BCUT2D eigenvalue weighted by molar-refractivity contribution is 7.89. The molecule has 2 N–H and O–H groups in total. The van der Waals surface area contributed by atoms with Gasteiger partial charge in [-0.2, -0.15) is 0 Å². The predicted molar refractivity (Wildman–Crippen MR) is 78.5 cm³/mol. The molecule has 1 aromatic carbocycles. The third-order valence-corrected chi connectivity index (χ3v) is 5.25. The van der Waals surface area contributed by atoms with Crippen molar-refractivity contribution in [2.75, 3.05) is 46.3 Å². The number of sulfonamides is 1. The third-order valence-electron chi connectivity index (χ3n) is 3.58. The van der Waals surface area contributed by atoms with Crippen molar-refractivity contribution in [1.82, 2.24) is 14.2 Å². The number of nitrogens with zero attached hydrogens (tertiary/aromatic N) is 3. The molecule has 1 aliphatic rings. The Balaban J connectivity index is 1.90. The van der Waals surface area contributed by atoms with E-state index in [9.17, 15) is 8.42 Å². The first-order valence-electron chi connectivity index (χ1n) is 6.73. The highest BCUT2D eigenvalue weighted by Crippen LogP contribution is 2.12. The van der Waals surface area contributed by atoms with E-state index < -0.39 is 10.0 Å². The van der Waals surface area contributed by atoms with Crippen molar-refractivity contribution in [3.05, 3.63) is 30.3 Å². The number of rotatable bonds is 5. The number of likely N-dealkylation sites (N-methyl/N-ethyl adjacent to an activating group) is 1. The fourth-order valence-corrected chi connectivity index (χ4v) is 3.25. The van der Waals surface area contributed by atoms with Crippen molar-refractivity contribution in [1.29, 1.82) is 0 Å². The molecular formula is C13H22N4O2S. The minimum Gasteiger partial charge on any atom is -0.304 e. The van der Waals surface area contributed by atoms with Crippen molar-refractivity contribution < 1.29 is 8.42 Å². The van der Waals surface area contributed by atoms with Gasteiger partial charge in [-0.05, 0) is 19.2 Å². The SMILES string of the molecule is CN1CCN(CCN(N)S(=O)(=O)c2ccccc2)CC1. The molecule has 7 heteroatoms. The summed E-state index contributed by atoms with van der Waals surface area (Å²) in [5.74, 6) is 5.74. The Morgan fingerprint density at radius 3 is 2.35 bits per heavy atom. The van der Waals surface area contributed by atoms with E-state index in [-0.39, 0.29) is 4.90 Å². The topological polar surface area (TPSA) is 69.9 Å². The molecule has 0 saturated carbocycles. The molecule has 1 fully saturated rings. The van der Waals surface area contributed by atoms with Crippen LogP contribution in [0.5, 0.6) is 0 Å². The summed E-state index contributed by atoms with van der Waals surface area (Å²) in [6.45, 7) is 4.90. The first kappa shape index (κ1) is 15.4. The van der Waals surface area contributed by atoms with Gasteiger partial charge in [-0.1, -0.05) is 18.2 Å². The predicted octanol–water partition coefficient (Wildman–Crippen LogP) is -0.202. The first-order chi connectivity index (χ1) is 9.50. The maximum Gasteiger partial charge on any atom is 0.255 e. The lowest BCUT2D eigenvalue weighted by atomic mass is 10.3. The normalized spacial score (nSPS) is 18.6. The smallest absolute Gasteiger partial charge is 0.255 e. The summed E-state index contributed by atoms with van der Waals surface area (Å²) < 4.78 is 25.4. The van der Waals surface area contributed by atoms with Gasteiger partial charge in [-0.15, -0.1) is 4.41 Å². The quantitative estimate of drug-likeness (QED) is 0.602. The molecule has 1 aliphatic heterocycles. The van der Waals surface area contributed by atoms with E-state index in [0.717, 1.165) is 30.6 Å². The fourth-order valence-electron chi connectivity index (χ4n) is 2.16. The average molecular weight is 298 g/mol. The molecular weight excluding hydrogens is 276 g/mol. The summed E-state index contributed by atoms with van der Waals surface area (Å²) in [6, 6.07) is 8.29. The molecule has 1 saturated heterocycles. The molecule has 6 nitrogen and oxygen atoms in total. The van der Waals surface area contributed by atoms with E-state index in [4.69, 9.17) is 5.84 Å². The lowest BCUT2D eigenvalue weighted by Gasteiger charge is -2.33. The Morgan fingerprint density at radius 2 is 1.75 bits per heavy atom. The van der Waals surface area contributed by atoms with Crippen molar-refractivity contribution in [3.8, 4) is 0 Å². The van der Waals surface area contributed by atoms with Crippen LogP contribution in [0.4, 0.5) is 0 Å². The zero-order valence-electron chi connectivity index (χ0n) is 11.8. The van der Waals surface area contributed by atoms with E-state index in [1.807, 2.05) is 0 Å². The third kappa shape index (κ3) is 3.77. The van der Waals surface area contributed by atoms with Crippen LogP contribution >= 0.6 is 0 Å². The van der Waals surface area contributed by atoms with Crippen LogP contribution in [0.2, 0.25) is 0 Å². The second kappa shape index (κ2) is 6.64. The van der Waals surface area contributed by atoms with Crippen LogP contribution in [0.3, 0.4) is 0 Å². The fraction of sp³-hybridized carbons (Fsp3) is 0.538. The summed E-state index contributed by atoms with van der Waals surface area (Å²) in [5.41, 5.74) is 0. The van der Waals surface area contributed by atoms with Crippen LogP contribution in [0.15, 0.2) is 35.2 Å². The molecule has 2 rings (SSSR count). The first-order valence-corrected chi connectivity index (χ1v) is 8.17. The lowest BCUT2D eigenvalue weighted by Crippen LogP contribution is -2.48. The number of benzene rings is 1. The van der Waals surface area contributed by atoms with Crippen molar-refractivity contribution in [3.63, 3.8) is 0 Å². The Labute approximate surface area is 120 Å². The van der Waals surface area contributed by atoms with Gasteiger partial charge in [-0.3, -0.25) is 10.7 Å². The molecule has 20 heavy (non-hydrogen) atoms. The number of nitrogens with two attached hydrogens (primary N) is 1. The van der Waals surface area contributed by atoms with Crippen LogP contribution < -0.4 is 5.84 Å². The highest BCUT2D eigenvalue weighted by atomic mass is 32.2. The maximum atomic E-state index is 12.2. The van der Waals surface area contributed by atoms with E-state index in [1.54, 1.807) is 30.3 Å². The summed E-state index contributed by atoms with van der Waals surface area (Å²) >= 11 is 0. The second-order valence-electron chi connectivity index (χ2n) is 5.07. The molecule has 0 atom stereocenters. The lowest BCUT2D eigenvalue weighted by molar-refractivity contribution is 0.148. The molecule has 1 heterocycles. The summed E-state index contributed by atoms with van der Waals surface area (Å²) in [7, 11) is -1.49. The molecule has 0 aliphatic carbocycles. The molecule has 0 aromatic heterocycles. The van der Waals surface area contributed by atoms with Crippen LogP contribution in [-0.4, -0.2) is 68.9 Å². The van der Waals surface area contributed by atoms with Crippen LogP contribution in [-0.2, 0) is 10.0 Å². The van der Waals surface area contributed by atoms with Gasteiger partial charge in [-0.25, -0.2) is 8.42 Å². The highest BCUT2D eigenvalue weighted by Gasteiger charge is 2.22. The second-order valence-corrected chi connectivity index (χ2v) is 6.96. The molecule has 0 spiro atoms.